The summed E-state index contributed by atoms with van der Waals surface area (Å²) in [4.78, 5) is 12.0. The molecule has 1 aromatic heterocycles. The average Bonchev–Trinajstić information content (AvgIpc) is 3.11. The summed E-state index contributed by atoms with van der Waals surface area (Å²) in [6.07, 6.45) is 3.74. The second kappa shape index (κ2) is 9.27. The second-order valence-electron chi connectivity index (χ2n) is 6.04. The molecule has 0 aromatic carbocycles. The van der Waals surface area contributed by atoms with Crippen molar-refractivity contribution in [1.82, 2.24) is 4.90 Å². The predicted octanol–water partition coefficient (Wildman–Crippen LogP) is 3.28. The molecule has 0 bridgehead atoms. The lowest BCUT2D eigenvalue weighted by molar-refractivity contribution is -0.402. The molecule has 0 aliphatic carbocycles. The van der Waals surface area contributed by atoms with Gasteiger partial charge in [0.1, 0.15) is 16.5 Å². The van der Waals surface area contributed by atoms with Crippen LogP contribution in [0.25, 0.3) is 0 Å². The molecule has 27 heavy (non-hydrogen) atoms. The first-order chi connectivity index (χ1) is 12.8. The Balaban J connectivity index is 2.33. The van der Waals surface area contributed by atoms with E-state index in [4.69, 9.17) is 18.6 Å². The van der Waals surface area contributed by atoms with Gasteiger partial charge in [0.25, 0.3) is 0 Å². The molecule has 0 radical (unpaired) electrons. The maximum atomic E-state index is 12.5. The fourth-order valence-electron chi connectivity index (χ4n) is 2.85. The largest absolute Gasteiger partial charge is 0.454 e. The van der Waals surface area contributed by atoms with Crippen LogP contribution >= 0.6 is 7.75 Å². The van der Waals surface area contributed by atoms with Gasteiger partial charge in [-0.05, 0) is 25.8 Å². The first kappa shape index (κ1) is 21.3. The molecule has 1 aromatic rings. The van der Waals surface area contributed by atoms with Crippen LogP contribution in [0.15, 0.2) is 33.0 Å². The fourth-order valence-corrected chi connectivity index (χ4v) is 3.63. The smallest absolute Gasteiger partial charge is 0.404 e. The van der Waals surface area contributed by atoms with Crippen molar-refractivity contribution in [2.24, 2.45) is 4.76 Å². The Labute approximate surface area is 157 Å². The number of nitro groups is 1. The molecule has 10 nitrogen and oxygen atoms in total. The van der Waals surface area contributed by atoms with Crippen molar-refractivity contribution in [1.29, 1.82) is 0 Å². The highest BCUT2D eigenvalue weighted by atomic mass is 31.2. The number of nitrogens with zero attached hydrogens (tertiary/aromatic N) is 3. The maximum Gasteiger partial charge on any atom is 0.454 e. The summed E-state index contributed by atoms with van der Waals surface area (Å²) in [5.74, 6) is 0.522. The van der Waals surface area contributed by atoms with Crippen molar-refractivity contribution in [2.45, 2.75) is 38.8 Å². The van der Waals surface area contributed by atoms with Gasteiger partial charge in [-0.2, -0.15) is 4.76 Å². The van der Waals surface area contributed by atoms with E-state index in [0.717, 1.165) is 5.57 Å². The van der Waals surface area contributed by atoms with Crippen LogP contribution in [-0.2, 0) is 20.2 Å². The molecule has 1 aliphatic rings. The van der Waals surface area contributed by atoms with E-state index >= 15 is 0 Å². The predicted molar refractivity (Wildman–Crippen MR) is 98.4 cm³/mol. The average molecular weight is 401 g/mol. The summed E-state index contributed by atoms with van der Waals surface area (Å²) >= 11 is 0. The molecule has 1 unspecified atom stereocenters. The molecule has 0 spiro atoms. The van der Waals surface area contributed by atoms with Crippen LogP contribution in [-0.4, -0.2) is 47.6 Å². The van der Waals surface area contributed by atoms with Crippen LogP contribution in [0.2, 0.25) is 0 Å². The highest BCUT2D eigenvalue weighted by molar-refractivity contribution is 7.52. The molecule has 0 fully saturated rings. The zero-order valence-electron chi connectivity index (χ0n) is 15.5. The lowest BCUT2D eigenvalue weighted by atomic mass is 9.98. The summed E-state index contributed by atoms with van der Waals surface area (Å²) in [5, 5.41) is 19.9. The molecule has 1 atom stereocenters. The fraction of sp³-hybridized carbons (Fsp3) is 0.562. The van der Waals surface area contributed by atoms with Crippen molar-refractivity contribution in [2.75, 3.05) is 20.8 Å². The van der Waals surface area contributed by atoms with Gasteiger partial charge < -0.3 is 14.4 Å². The van der Waals surface area contributed by atoms with E-state index < -0.39 is 12.7 Å². The van der Waals surface area contributed by atoms with E-state index in [1.807, 2.05) is 17.9 Å². The lowest BCUT2D eigenvalue weighted by Crippen LogP contribution is -2.40. The van der Waals surface area contributed by atoms with Gasteiger partial charge in [-0.25, -0.2) is 4.57 Å². The molecule has 0 saturated carbocycles. The minimum absolute atomic E-state index is 0.0760. The number of aliphatic hydroxyl groups excluding tert-OH is 1. The van der Waals surface area contributed by atoms with Gasteiger partial charge in [0.15, 0.2) is 0 Å². The highest BCUT2D eigenvalue weighted by Crippen LogP contribution is 2.49. The summed E-state index contributed by atoms with van der Waals surface area (Å²) in [6.45, 7) is 2.22. The summed E-state index contributed by atoms with van der Waals surface area (Å²) < 4.78 is 31.8. The normalized spacial score (nSPS) is 19.4. The van der Waals surface area contributed by atoms with Crippen LogP contribution in [0.3, 0.4) is 0 Å². The molecule has 11 heteroatoms. The second-order valence-corrected chi connectivity index (χ2v) is 7.91. The van der Waals surface area contributed by atoms with Gasteiger partial charge in [-0.3, -0.25) is 19.2 Å². The van der Waals surface area contributed by atoms with E-state index in [2.05, 4.69) is 4.76 Å². The number of hydrogen-bond acceptors (Lipinski definition) is 7. The SMILES string of the molecule is COP(=O)(/N=C1/CC(CCCO)=CC(C)N1Cc1ccc([N+](=O)[O-])o1)OC. The number of rotatable bonds is 9. The van der Waals surface area contributed by atoms with Gasteiger partial charge in [-0.15, -0.1) is 0 Å². The van der Waals surface area contributed by atoms with Crippen LogP contribution in [0.4, 0.5) is 5.88 Å². The van der Waals surface area contributed by atoms with Gasteiger partial charge in [0.2, 0.25) is 0 Å². The summed E-state index contributed by atoms with van der Waals surface area (Å²) in [5.41, 5.74) is 1.05. The van der Waals surface area contributed by atoms with E-state index in [1.54, 1.807) is 0 Å². The summed E-state index contributed by atoms with van der Waals surface area (Å²) in [6, 6.07) is 2.69. The Hall–Kier alpha value is -2.00. The number of furan rings is 1. The zero-order valence-corrected chi connectivity index (χ0v) is 16.4. The first-order valence-electron chi connectivity index (χ1n) is 8.42. The van der Waals surface area contributed by atoms with Crippen LogP contribution in [0.5, 0.6) is 0 Å². The van der Waals surface area contributed by atoms with Gasteiger partial charge in [0, 0.05) is 33.3 Å². The maximum absolute atomic E-state index is 12.5. The van der Waals surface area contributed by atoms with Crippen molar-refractivity contribution < 1.29 is 28.1 Å². The van der Waals surface area contributed by atoms with E-state index in [0.29, 0.717) is 30.9 Å². The molecule has 0 saturated heterocycles. The molecule has 1 aliphatic heterocycles. The Morgan fingerprint density at radius 3 is 2.70 bits per heavy atom. The molecule has 2 rings (SSSR count). The molecule has 1 N–H and O–H groups in total. The Kier molecular flexibility index (Phi) is 7.32. The number of aliphatic hydroxyl groups is 1. The van der Waals surface area contributed by atoms with E-state index in [9.17, 15) is 14.7 Å². The van der Waals surface area contributed by atoms with E-state index in [1.165, 1.54) is 26.4 Å². The van der Waals surface area contributed by atoms with Crippen LogP contribution < -0.4 is 0 Å². The highest BCUT2D eigenvalue weighted by Gasteiger charge is 2.30. The zero-order chi connectivity index (χ0) is 20.0. The van der Waals surface area contributed by atoms with Crippen LogP contribution in [0.1, 0.15) is 31.9 Å². The van der Waals surface area contributed by atoms with Crippen molar-refractivity contribution in [3.8, 4) is 0 Å². The molecular formula is C16H24N3O7P. The minimum atomic E-state index is -3.65. The Morgan fingerprint density at radius 1 is 1.44 bits per heavy atom. The Morgan fingerprint density at radius 2 is 2.15 bits per heavy atom. The van der Waals surface area contributed by atoms with Gasteiger partial charge in [0.05, 0.1) is 12.6 Å². The van der Waals surface area contributed by atoms with Gasteiger partial charge >= 0.3 is 13.6 Å². The van der Waals surface area contributed by atoms with Crippen molar-refractivity contribution >= 4 is 19.5 Å². The third-order valence-electron chi connectivity index (χ3n) is 4.19. The monoisotopic (exact) mass is 401 g/mol. The first-order valence-corrected chi connectivity index (χ1v) is 9.92. The van der Waals surface area contributed by atoms with E-state index in [-0.39, 0.29) is 25.1 Å². The molecular weight excluding hydrogens is 377 g/mol. The third-order valence-corrected chi connectivity index (χ3v) is 5.59. The van der Waals surface area contributed by atoms with Crippen molar-refractivity contribution in [3.63, 3.8) is 0 Å². The number of hydrogen-bond donors (Lipinski definition) is 1. The van der Waals surface area contributed by atoms with Crippen LogP contribution in [0, 0.1) is 10.1 Å². The molecule has 0 amide bonds. The molecule has 2 heterocycles. The third kappa shape index (κ3) is 5.49. The summed E-state index contributed by atoms with van der Waals surface area (Å²) in [7, 11) is -1.14. The Bertz CT molecular complexity index is 766. The number of amidine groups is 1. The standard InChI is InChI=1S/C16H24N3O7P/c1-12-9-13(5-4-8-20)10-15(17-27(23,24-2)25-3)18(12)11-14-6-7-16(26-14)19(21)22/h6-7,9,12,20H,4-5,8,10-11H2,1-3H3/b17-15-. The minimum Gasteiger partial charge on any atom is -0.404 e. The quantitative estimate of drug-likeness (QED) is 0.289. The van der Waals surface area contributed by atoms with Crippen molar-refractivity contribution in [3.05, 3.63) is 39.7 Å². The van der Waals surface area contributed by atoms with Gasteiger partial charge in [-0.1, -0.05) is 11.6 Å². The molecule has 150 valence electrons. The topological polar surface area (TPSA) is 128 Å². The lowest BCUT2D eigenvalue weighted by Gasteiger charge is -2.35.